The maximum Gasteiger partial charge on any atom is 0.389 e. The van der Waals surface area contributed by atoms with Crippen molar-refractivity contribution in [2.45, 2.75) is 38.3 Å². The molecular weight excluding hydrogens is 191 g/mol. The fraction of sp³-hybridized carbons (Fsp3) is 1.00. The third kappa shape index (κ3) is 2.22. The molecule has 1 spiro atoms. The summed E-state index contributed by atoms with van der Waals surface area (Å²) < 4.78 is 36.2. The summed E-state index contributed by atoms with van der Waals surface area (Å²) >= 11 is 0. The van der Waals surface area contributed by atoms with Crippen molar-refractivity contribution in [3.05, 3.63) is 0 Å². The summed E-state index contributed by atoms with van der Waals surface area (Å²) in [4.78, 5) is 0. The Bertz CT molecular complexity index is 198. The van der Waals surface area contributed by atoms with Crippen LogP contribution in [0.2, 0.25) is 0 Å². The molecule has 1 saturated carbocycles. The van der Waals surface area contributed by atoms with E-state index in [9.17, 15) is 13.2 Å². The van der Waals surface area contributed by atoms with Gasteiger partial charge in [0.2, 0.25) is 0 Å². The summed E-state index contributed by atoms with van der Waals surface area (Å²) in [5.74, 6) is -0.0897. The molecule has 1 saturated heterocycles. The van der Waals surface area contributed by atoms with Crippen molar-refractivity contribution in [1.82, 2.24) is 5.32 Å². The van der Waals surface area contributed by atoms with Gasteiger partial charge in [0.05, 0.1) is 0 Å². The quantitative estimate of drug-likeness (QED) is 0.697. The summed E-state index contributed by atoms with van der Waals surface area (Å²) in [6.45, 7) is 1.97. The van der Waals surface area contributed by atoms with Crippen molar-refractivity contribution in [1.29, 1.82) is 0 Å². The second-order valence-corrected chi connectivity index (χ2v) is 4.84. The minimum atomic E-state index is -3.96. The van der Waals surface area contributed by atoms with Gasteiger partial charge in [-0.2, -0.15) is 13.2 Å². The van der Waals surface area contributed by atoms with Gasteiger partial charge in [0.1, 0.15) is 0 Å². The summed E-state index contributed by atoms with van der Waals surface area (Å²) in [5, 5.41) is 3.25. The van der Waals surface area contributed by atoms with Crippen LogP contribution in [0.5, 0.6) is 0 Å². The smallest absolute Gasteiger partial charge is 0.317 e. The summed E-state index contributed by atoms with van der Waals surface area (Å²) in [5.41, 5.74) is 0.279. The molecule has 82 valence electrons. The molecule has 0 aromatic heterocycles. The van der Waals surface area contributed by atoms with Gasteiger partial charge >= 0.3 is 6.18 Å². The van der Waals surface area contributed by atoms with E-state index in [1.807, 2.05) is 0 Å². The highest BCUT2D eigenvalue weighted by atomic mass is 19.4. The van der Waals surface area contributed by atoms with E-state index in [1.54, 1.807) is 0 Å². The molecule has 0 radical (unpaired) electrons. The van der Waals surface area contributed by atoms with E-state index < -0.39 is 12.6 Å². The van der Waals surface area contributed by atoms with Crippen LogP contribution in [0.1, 0.15) is 32.1 Å². The molecule has 0 unspecified atom stereocenters. The lowest BCUT2D eigenvalue weighted by atomic mass is 9.57. The summed E-state index contributed by atoms with van der Waals surface area (Å²) in [6.07, 6.45) is -0.785. The second-order valence-electron chi connectivity index (χ2n) is 4.84. The zero-order chi connectivity index (χ0) is 10.2. The first-order chi connectivity index (χ1) is 6.49. The number of piperidine rings is 1. The van der Waals surface area contributed by atoms with Crippen molar-refractivity contribution >= 4 is 0 Å². The molecule has 0 bridgehead atoms. The van der Waals surface area contributed by atoms with Crippen LogP contribution in [-0.2, 0) is 0 Å². The van der Waals surface area contributed by atoms with Crippen LogP contribution in [0.25, 0.3) is 0 Å². The number of hydrogen-bond acceptors (Lipinski definition) is 1. The molecule has 0 atom stereocenters. The predicted molar refractivity (Wildman–Crippen MR) is 47.9 cm³/mol. The Labute approximate surface area is 82.1 Å². The van der Waals surface area contributed by atoms with Crippen LogP contribution in [0.15, 0.2) is 0 Å². The average Bonchev–Trinajstić information content (AvgIpc) is 2.00. The molecule has 1 N–H and O–H groups in total. The van der Waals surface area contributed by atoms with Gasteiger partial charge in [0.15, 0.2) is 0 Å². The molecule has 0 amide bonds. The van der Waals surface area contributed by atoms with Crippen LogP contribution in [0.3, 0.4) is 0 Å². The van der Waals surface area contributed by atoms with E-state index in [0.717, 1.165) is 38.8 Å². The number of halogens is 3. The van der Waals surface area contributed by atoms with Crippen molar-refractivity contribution < 1.29 is 13.2 Å². The molecule has 2 rings (SSSR count). The Morgan fingerprint density at radius 1 is 1.14 bits per heavy atom. The first-order valence-electron chi connectivity index (χ1n) is 5.27. The van der Waals surface area contributed by atoms with Crippen LogP contribution in [0, 0.1) is 11.3 Å². The molecule has 2 aliphatic rings. The van der Waals surface area contributed by atoms with Crippen molar-refractivity contribution in [2.75, 3.05) is 13.1 Å². The first-order valence-corrected chi connectivity index (χ1v) is 5.27. The van der Waals surface area contributed by atoms with Gasteiger partial charge < -0.3 is 5.32 Å². The number of hydrogen-bond donors (Lipinski definition) is 1. The molecule has 1 nitrogen and oxygen atoms in total. The molecular formula is C10H16F3N. The Balaban J connectivity index is 1.78. The fourth-order valence-electron chi connectivity index (χ4n) is 3.00. The van der Waals surface area contributed by atoms with E-state index >= 15 is 0 Å². The molecule has 14 heavy (non-hydrogen) atoms. The maximum atomic E-state index is 12.1. The fourth-order valence-corrected chi connectivity index (χ4v) is 3.00. The topological polar surface area (TPSA) is 12.0 Å². The lowest BCUT2D eigenvalue weighted by Gasteiger charge is -2.50. The lowest BCUT2D eigenvalue weighted by Crippen LogP contribution is -2.46. The highest BCUT2D eigenvalue weighted by Gasteiger charge is 2.47. The number of rotatable bonds is 1. The summed E-state index contributed by atoms with van der Waals surface area (Å²) in [7, 11) is 0. The maximum absolute atomic E-state index is 12.1. The Kier molecular flexibility index (Phi) is 2.50. The number of alkyl halides is 3. The second kappa shape index (κ2) is 3.40. The lowest BCUT2D eigenvalue weighted by molar-refractivity contribution is -0.162. The summed E-state index contributed by atoms with van der Waals surface area (Å²) in [6, 6.07) is 0. The normalized spacial score (nSPS) is 27.6. The minimum Gasteiger partial charge on any atom is -0.317 e. The Morgan fingerprint density at radius 3 is 2.21 bits per heavy atom. The van der Waals surface area contributed by atoms with E-state index in [4.69, 9.17) is 0 Å². The highest BCUT2D eigenvalue weighted by molar-refractivity contribution is 4.96. The van der Waals surface area contributed by atoms with Crippen LogP contribution < -0.4 is 5.32 Å². The third-order valence-corrected chi connectivity index (χ3v) is 3.63. The Hall–Kier alpha value is -0.250. The third-order valence-electron chi connectivity index (χ3n) is 3.63. The van der Waals surface area contributed by atoms with Crippen LogP contribution in [-0.4, -0.2) is 19.3 Å². The van der Waals surface area contributed by atoms with Gasteiger partial charge in [-0.05, 0) is 50.1 Å². The molecule has 0 aromatic rings. The molecule has 2 fully saturated rings. The monoisotopic (exact) mass is 207 g/mol. The molecule has 0 aromatic carbocycles. The Morgan fingerprint density at radius 2 is 1.71 bits per heavy atom. The predicted octanol–water partition coefficient (Wildman–Crippen LogP) is 2.72. The largest absolute Gasteiger partial charge is 0.389 e. The minimum absolute atomic E-state index is 0.0897. The zero-order valence-electron chi connectivity index (χ0n) is 8.16. The van der Waals surface area contributed by atoms with Crippen LogP contribution in [0.4, 0.5) is 13.2 Å². The molecule has 1 aliphatic carbocycles. The van der Waals surface area contributed by atoms with Gasteiger partial charge in [-0.3, -0.25) is 0 Å². The number of nitrogens with one attached hydrogen (secondary N) is 1. The van der Waals surface area contributed by atoms with E-state index in [1.165, 1.54) is 0 Å². The molecule has 4 heteroatoms. The standard InChI is InChI=1S/C10H16F3N/c11-10(12,13)7-8-5-9(6-8)1-3-14-4-2-9/h8,14H,1-7H2. The van der Waals surface area contributed by atoms with E-state index in [2.05, 4.69) is 5.32 Å². The average molecular weight is 207 g/mol. The zero-order valence-corrected chi connectivity index (χ0v) is 8.16. The molecule has 1 heterocycles. The van der Waals surface area contributed by atoms with E-state index in [0.29, 0.717) is 0 Å². The van der Waals surface area contributed by atoms with Crippen molar-refractivity contribution in [3.63, 3.8) is 0 Å². The van der Waals surface area contributed by atoms with Gasteiger partial charge in [-0.1, -0.05) is 0 Å². The van der Waals surface area contributed by atoms with Crippen molar-refractivity contribution in [2.24, 2.45) is 11.3 Å². The van der Waals surface area contributed by atoms with Crippen molar-refractivity contribution in [3.8, 4) is 0 Å². The van der Waals surface area contributed by atoms with E-state index in [-0.39, 0.29) is 11.3 Å². The SMILES string of the molecule is FC(F)(F)CC1CC2(CCNCC2)C1. The highest BCUT2D eigenvalue weighted by Crippen LogP contribution is 2.54. The van der Waals surface area contributed by atoms with Gasteiger partial charge in [0, 0.05) is 6.42 Å². The first kappa shape index (κ1) is 10.3. The van der Waals surface area contributed by atoms with Gasteiger partial charge in [-0.15, -0.1) is 0 Å². The van der Waals surface area contributed by atoms with Gasteiger partial charge in [-0.25, -0.2) is 0 Å². The molecule has 1 aliphatic heterocycles. The van der Waals surface area contributed by atoms with Crippen LogP contribution >= 0.6 is 0 Å². The van der Waals surface area contributed by atoms with Gasteiger partial charge in [0.25, 0.3) is 0 Å².